The number of hydrogen-bond acceptors (Lipinski definition) is 5. The number of carbonyl (C=O) groups excluding carboxylic acids is 4. The lowest BCUT2D eigenvalue weighted by molar-refractivity contribution is -0.122. The van der Waals surface area contributed by atoms with Gasteiger partial charge in [0.15, 0.2) is 0 Å². The third-order valence-corrected chi connectivity index (χ3v) is 6.11. The Balaban J connectivity index is 1.61. The van der Waals surface area contributed by atoms with Gasteiger partial charge >= 0.3 is 12.0 Å². The molecular formula is C26H18BrFN2O5. The summed E-state index contributed by atoms with van der Waals surface area (Å²) in [6.45, 7) is 0. The zero-order valence-corrected chi connectivity index (χ0v) is 20.0. The lowest BCUT2D eigenvalue weighted by Gasteiger charge is -2.26. The number of halogens is 2. The van der Waals surface area contributed by atoms with E-state index in [1.54, 1.807) is 36.4 Å². The van der Waals surface area contributed by atoms with Crippen molar-refractivity contribution >= 4 is 51.5 Å². The van der Waals surface area contributed by atoms with Crippen LogP contribution in [0.3, 0.4) is 0 Å². The van der Waals surface area contributed by atoms with Crippen molar-refractivity contribution in [2.45, 2.75) is 6.42 Å². The fraction of sp³-hybridized carbons (Fsp3) is 0.0769. The van der Waals surface area contributed by atoms with Gasteiger partial charge in [0, 0.05) is 10.9 Å². The highest BCUT2D eigenvalue weighted by Crippen LogP contribution is 2.26. The van der Waals surface area contributed by atoms with Crippen molar-refractivity contribution in [1.82, 2.24) is 5.32 Å². The molecule has 3 aromatic rings. The van der Waals surface area contributed by atoms with E-state index in [4.69, 9.17) is 0 Å². The van der Waals surface area contributed by atoms with Gasteiger partial charge in [-0.15, -0.1) is 0 Å². The summed E-state index contributed by atoms with van der Waals surface area (Å²) in [5.41, 5.74) is 2.07. The van der Waals surface area contributed by atoms with Crippen LogP contribution in [0.4, 0.5) is 14.9 Å². The van der Waals surface area contributed by atoms with Crippen LogP contribution in [0.2, 0.25) is 0 Å². The van der Waals surface area contributed by atoms with Gasteiger partial charge in [0.2, 0.25) is 0 Å². The number of amides is 4. The van der Waals surface area contributed by atoms with E-state index in [0.29, 0.717) is 22.0 Å². The van der Waals surface area contributed by atoms with Gasteiger partial charge in [0.1, 0.15) is 11.4 Å². The number of carbonyl (C=O) groups is 4. The smallest absolute Gasteiger partial charge is 0.337 e. The fourth-order valence-electron chi connectivity index (χ4n) is 3.57. The van der Waals surface area contributed by atoms with Crippen LogP contribution >= 0.6 is 15.9 Å². The number of hydrogen-bond donors (Lipinski definition) is 1. The number of rotatable bonds is 5. The van der Waals surface area contributed by atoms with E-state index in [1.165, 1.54) is 43.5 Å². The standard InChI is InChI=1S/C26H18BrFN2O5/c1-35-25(33)16-8-10-19(11-9-16)30-24(32)20(23(31)29-26(30)34)12-15-6-7-17(21(27)13-15)14-18-4-2-3-5-22(18)28/h2-13H,14H2,1H3,(H,29,31,34)/b20-12+. The molecule has 4 amide bonds. The molecule has 3 aromatic carbocycles. The van der Waals surface area contributed by atoms with Crippen LogP contribution < -0.4 is 10.2 Å². The maximum absolute atomic E-state index is 14.0. The van der Waals surface area contributed by atoms with E-state index in [1.807, 2.05) is 0 Å². The first-order valence-electron chi connectivity index (χ1n) is 10.4. The molecule has 9 heteroatoms. The maximum Gasteiger partial charge on any atom is 0.337 e. The predicted molar refractivity (Wildman–Crippen MR) is 130 cm³/mol. The van der Waals surface area contributed by atoms with Crippen LogP contribution in [-0.2, 0) is 20.7 Å². The summed E-state index contributed by atoms with van der Waals surface area (Å²) in [5.74, 6) is -2.50. The van der Waals surface area contributed by atoms with Gasteiger partial charge in [0.25, 0.3) is 11.8 Å². The van der Waals surface area contributed by atoms with Crippen LogP contribution in [0, 0.1) is 5.82 Å². The van der Waals surface area contributed by atoms with E-state index in [9.17, 15) is 23.6 Å². The molecule has 0 unspecified atom stereocenters. The van der Waals surface area contributed by atoms with E-state index in [-0.39, 0.29) is 22.6 Å². The fourth-order valence-corrected chi connectivity index (χ4v) is 4.10. The molecule has 1 aliphatic rings. The molecule has 0 spiro atoms. The zero-order chi connectivity index (χ0) is 25.1. The van der Waals surface area contributed by atoms with Crippen molar-refractivity contribution in [3.05, 3.63) is 105 Å². The Kier molecular flexibility index (Phi) is 6.88. The first-order chi connectivity index (χ1) is 16.8. The molecule has 0 atom stereocenters. The predicted octanol–water partition coefficient (Wildman–Crippen LogP) is 4.63. The second-order valence-corrected chi connectivity index (χ2v) is 8.47. The minimum Gasteiger partial charge on any atom is -0.465 e. The highest BCUT2D eigenvalue weighted by molar-refractivity contribution is 9.10. The van der Waals surface area contributed by atoms with Crippen LogP contribution in [0.1, 0.15) is 27.0 Å². The van der Waals surface area contributed by atoms with Crippen molar-refractivity contribution < 1.29 is 28.3 Å². The normalized spacial score (nSPS) is 14.8. The number of methoxy groups -OCH3 is 1. The first kappa shape index (κ1) is 24.0. The van der Waals surface area contributed by atoms with Gasteiger partial charge in [-0.1, -0.05) is 46.3 Å². The van der Waals surface area contributed by atoms with Gasteiger partial charge in [-0.25, -0.2) is 18.9 Å². The minimum atomic E-state index is -0.899. The number of barbiturate groups is 1. The van der Waals surface area contributed by atoms with E-state index in [0.717, 1.165) is 10.5 Å². The molecule has 35 heavy (non-hydrogen) atoms. The molecule has 0 aromatic heterocycles. The Morgan fingerprint density at radius 3 is 2.40 bits per heavy atom. The summed E-state index contributed by atoms with van der Waals surface area (Å²) >= 11 is 3.47. The number of ether oxygens (including phenoxy) is 1. The molecule has 7 nitrogen and oxygen atoms in total. The summed E-state index contributed by atoms with van der Waals surface area (Å²) < 4.78 is 19.3. The monoisotopic (exact) mass is 536 g/mol. The molecule has 1 fully saturated rings. The SMILES string of the molecule is COC(=O)c1ccc(N2C(=O)NC(=O)/C(=C\c3ccc(Cc4ccccc4F)c(Br)c3)C2=O)cc1. The van der Waals surface area contributed by atoms with Gasteiger partial charge < -0.3 is 4.74 Å². The van der Waals surface area contributed by atoms with Crippen molar-refractivity contribution in [2.24, 2.45) is 0 Å². The van der Waals surface area contributed by atoms with Gasteiger partial charge in [-0.3, -0.25) is 14.9 Å². The molecule has 1 aliphatic heterocycles. The molecule has 0 radical (unpaired) electrons. The number of urea groups is 1. The van der Waals surface area contributed by atoms with E-state index < -0.39 is 23.8 Å². The molecule has 4 rings (SSSR count). The molecule has 0 bridgehead atoms. The highest BCUT2D eigenvalue weighted by atomic mass is 79.9. The molecular weight excluding hydrogens is 519 g/mol. The van der Waals surface area contributed by atoms with Crippen LogP contribution in [0.25, 0.3) is 6.08 Å². The van der Waals surface area contributed by atoms with Gasteiger partial charge in [-0.2, -0.15) is 0 Å². The number of anilines is 1. The van der Waals surface area contributed by atoms with Crippen molar-refractivity contribution in [1.29, 1.82) is 0 Å². The van der Waals surface area contributed by atoms with Crippen LogP contribution in [0.5, 0.6) is 0 Å². The minimum absolute atomic E-state index is 0.181. The summed E-state index contributed by atoms with van der Waals surface area (Å²) in [7, 11) is 1.24. The molecule has 0 aliphatic carbocycles. The Morgan fingerprint density at radius 1 is 1.03 bits per heavy atom. The number of nitrogens with one attached hydrogen (secondary N) is 1. The first-order valence-corrected chi connectivity index (χ1v) is 11.2. The third-order valence-electron chi connectivity index (χ3n) is 5.38. The largest absolute Gasteiger partial charge is 0.465 e. The average molecular weight is 537 g/mol. The summed E-state index contributed by atoms with van der Waals surface area (Å²) in [4.78, 5) is 50.4. The lowest BCUT2D eigenvalue weighted by atomic mass is 10.0. The second-order valence-electron chi connectivity index (χ2n) is 7.62. The third kappa shape index (κ3) is 5.04. The second kappa shape index (κ2) is 10.0. The topological polar surface area (TPSA) is 92.8 Å². The maximum atomic E-state index is 14.0. The Hall–Kier alpha value is -4.11. The number of benzene rings is 3. The Morgan fingerprint density at radius 2 is 1.74 bits per heavy atom. The average Bonchev–Trinajstić information content (AvgIpc) is 2.84. The van der Waals surface area contributed by atoms with Crippen molar-refractivity contribution in [3.63, 3.8) is 0 Å². The van der Waals surface area contributed by atoms with Crippen LogP contribution in [0.15, 0.2) is 76.8 Å². The summed E-state index contributed by atoms with van der Waals surface area (Å²) in [6, 6.07) is 16.4. The zero-order valence-electron chi connectivity index (χ0n) is 18.4. The molecule has 1 N–H and O–H groups in total. The number of imide groups is 2. The summed E-state index contributed by atoms with van der Waals surface area (Å²) in [6.07, 6.45) is 1.73. The van der Waals surface area contributed by atoms with Crippen molar-refractivity contribution in [2.75, 3.05) is 12.0 Å². The molecule has 1 saturated heterocycles. The quantitative estimate of drug-likeness (QED) is 0.291. The Labute approximate surface area is 208 Å². The van der Waals surface area contributed by atoms with E-state index >= 15 is 0 Å². The lowest BCUT2D eigenvalue weighted by Crippen LogP contribution is -2.54. The van der Waals surface area contributed by atoms with E-state index in [2.05, 4.69) is 26.0 Å². The Bertz CT molecular complexity index is 1380. The highest BCUT2D eigenvalue weighted by Gasteiger charge is 2.36. The van der Waals surface area contributed by atoms with Gasteiger partial charge in [0.05, 0.1) is 18.4 Å². The number of esters is 1. The molecule has 176 valence electrons. The van der Waals surface area contributed by atoms with Gasteiger partial charge in [-0.05, 0) is 59.2 Å². The summed E-state index contributed by atoms with van der Waals surface area (Å²) in [5, 5.41) is 2.16. The number of nitrogens with zero attached hydrogens (tertiary/aromatic N) is 1. The van der Waals surface area contributed by atoms with Crippen molar-refractivity contribution in [3.8, 4) is 0 Å². The van der Waals surface area contributed by atoms with Crippen LogP contribution in [-0.4, -0.2) is 30.9 Å². The molecule has 0 saturated carbocycles. The molecule has 1 heterocycles.